The van der Waals surface area contributed by atoms with E-state index in [0.29, 0.717) is 12.8 Å². The van der Waals surface area contributed by atoms with Gasteiger partial charge in [-0.15, -0.1) is 5.10 Å². The van der Waals surface area contributed by atoms with Gasteiger partial charge in [0.05, 0.1) is 17.9 Å². The number of hydrogen-bond acceptors (Lipinski definition) is 3. The Morgan fingerprint density at radius 2 is 2.12 bits per heavy atom. The van der Waals surface area contributed by atoms with Gasteiger partial charge in [0.25, 0.3) is 0 Å². The lowest BCUT2D eigenvalue weighted by molar-refractivity contribution is -0.0485. The number of nitrogens with zero attached hydrogens (tertiary/aromatic N) is 3. The van der Waals surface area contributed by atoms with E-state index in [1.807, 2.05) is 0 Å². The molecule has 1 saturated carbocycles. The summed E-state index contributed by atoms with van der Waals surface area (Å²) in [5, 5.41) is 7.55. The summed E-state index contributed by atoms with van der Waals surface area (Å²) < 4.78 is 27.6. The van der Waals surface area contributed by atoms with Crippen molar-refractivity contribution in [1.82, 2.24) is 15.0 Å². The first kappa shape index (κ1) is 11.4. The van der Waals surface area contributed by atoms with Crippen LogP contribution < -0.4 is 5.73 Å². The Hall–Kier alpha value is -1.04. The standard InChI is InChI=1S/C10H16F2N4/c1-16-8(6-14-15-16)9(13)7-2-4-10(11,12)5-3-7/h6-7,9H,2-5,13H2,1H3. The number of aryl methyl sites for hydroxylation is 1. The van der Waals surface area contributed by atoms with E-state index in [4.69, 9.17) is 5.73 Å². The SMILES string of the molecule is Cn1nncc1C(N)C1CCC(F)(F)CC1. The lowest BCUT2D eigenvalue weighted by Crippen LogP contribution is -2.31. The molecule has 2 rings (SSSR count). The molecule has 6 heteroatoms. The molecular formula is C10H16F2N4. The van der Waals surface area contributed by atoms with Gasteiger partial charge in [-0.1, -0.05) is 5.21 Å². The van der Waals surface area contributed by atoms with Crippen molar-refractivity contribution in [1.29, 1.82) is 0 Å². The van der Waals surface area contributed by atoms with Crippen molar-refractivity contribution in [2.75, 3.05) is 0 Å². The summed E-state index contributed by atoms with van der Waals surface area (Å²) in [6, 6.07) is -0.240. The average Bonchev–Trinajstić information content (AvgIpc) is 2.63. The molecule has 0 bridgehead atoms. The zero-order valence-corrected chi connectivity index (χ0v) is 9.24. The second kappa shape index (κ2) is 4.08. The van der Waals surface area contributed by atoms with Crippen molar-refractivity contribution in [3.63, 3.8) is 0 Å². The molecule has 90 valence electrons. The van der Waals surface area contributed by atoms with Crippen LogP contribution in [0.4, 0.5) is 8.78 Å². The fourth-order valence-electron chi connectivity index (χ4n) is 2.26. The second-order valence-electron chi connectivity index (χ2n) is 4.50. The third-order valence-corrected chi connectivity index (χ3v) is 3.36. The van der Waals surface area contributed by atoms with Crippen LogP contribution in [0, 0.1) is 5.92 Å². The molecule has 0 aliphatic heterocycles. The van der Waals surface area contributed by atoms with Gasteiger partial charge < -0.3 is 5.73 Å². The summed E-state index contributed by atoms with van der Waals surface area (Å²) in [6.45, 7) is 0. The van der Waals surface area contributed by atoms with Gasteiger partial charge in [-0.05, 0) is 18.8 Å². The lowest BCUT2D eigenvalue weighted by Gasteiger charge is -2.31. The molecule has 16 heavy (non-hydrogen) atoms. The molecule has 0 aromatic carbocycles. The maximum atomic E-state index is 13.0. The molecule has 0 spiro atoms. The topological polar surface area (TPSA) is 56.7 Å². The largest absolute Gasteiger partial charge is 0.322 e. The van der Waals surface area contributed by atoms with E-state index < -0.39 is 5.92 Å². The number of nitrogens with two attached hydrogens (primary N) is 1. The summed E-state index contributed by atoms with van der Waals surface area (Å²) in [5.74, 6) is -2.39. The minimum absolute atomic E-state index is 0.0589. The Morgan fingerprint density at radius 3 is 2.62 bits per heavy atom. The lowest BCUT2D eigenvalue weighted by atomic mass is 9.81. The van der Waals surface area contributed by atoms with E-state index in [9.17, 15) is 8.78 Å². The number of aromatic nitrogens is 3. The molecule has 1 fully saturated rings. The first-order chi connectivity index (χ1) is 7.49. The first-order valence-electron chi connectivity index (χ1n) is 5.47. The van der Waals surface area contributed by atoms with Crippen molar-refractivity contribution in [2.24, 2.45) is 18.7 Å². The average molecular weight is 230 g/mol. The zero-order valence-electron chi connectivity index (χ0n) is 9.24. The van der Waals surface area contributed by atoms with Gasteiger partial charge >= 0.3 is 0 Å². The van der Waals surface area contributed by atoms with E-state index in [-0.39, 0.29) is 24.8 Å². The normalized spacial score (nSPS) is 23.2. The van der Waals surface area contributed by atoms with Crippen LogP contribution in [0.15, 0.2) is 6.20 Å². The van der Waals surface area contributed by atoms with Crippen LogP contribution in [0.2, 0.25) is 0 Å². The number of hydrogen-bond donors (Lipinski definition) is 1. The van der Waals surface area contributed by atoms with Gasteiger partial charge in [0.15, 0.2) is 0 Å². The zero-order chi connectivity index (χ0) is 11.8. The van der Waals surface area contributed by atoms with Crippen molar-refractivity contribution in [3.05, 3.63) is 11.9 Å². The van der Waals surface area contributed by atoms with Gasteiger partial charge in [-0.25, -0.2) is 8.78 Å². The van der Waals surface area contributed by atoms with E-state index in [1.165, 1.54) is 0 Å². The van der Waals surface area contributed by atoms with Crippen molar-refractivity contribution in [3.8, 4) is 0 Å². The summed E-state index contributed by atoms with van der Waals surface area (Å²) >= 11 is 0. The summed E-state index contributed by atoms with van der Waals surface area (Å²) in [5.41, 5.74) is 6.87. The molecule has 1 atom stereocenters. The third-order valence-electron chi connectivity index (χ3n) is 3.36. The highest BCUT2D eigenvalue weighted by Gasteiger charge is 2.37. The molecule has 2 N–H and O–H groups in total. The molecule has 1 aliphatic rings. The van der Waals surface area contributed by atoms with Crippen LogP contribution in [0.1, 0.15) is 37.4 Å². The Kier molecular flexibility index (Phi) is 2.92. The molecule has 4 nitrogen and oxygen atoms in total. The fourth-order valence-corrected chi connectivity index (χ4v) is 2.26. The molecule has 1 aliphatic carbocycles. The molecule has 1 unspecified atom stereocenters. The van der Waals surface area contributed by atoms with E-state index >= 15 is 0 Å². The minimum atomic E-state index is -2.50. The fraction of sp³-hybridized carbons (Fsp3) is 0.800. The highest BCUT2D eigenvalue weighted by Crippen LogP contribution is 2.40. The van der Waals surface area contributed by atoms with Crippen LogP contribution in [0.3, 0.4) is 0 Å². The Labute approximate surface area is 92.8 Å². The van der Waals surface area contributed by atoms with Crippen LogP contribution in [0.5, 0.6) is 0 Å². The number of alkyl halides is 2. The van der Waals surface area contributed by atoms with Gasteiger partial charge in [0.2, 0.25) is 5.92 Å². The molecule has 1 heterocycles. The maximum Gasteiger partial charge on any atom is 0.248 e. The quantitative estimate of drug-likeness (QED) is 0.840. The summed E-state index contributed by atoms with van der Waals surface area (Å²) in [4.78, 5) is 0. The predicted octanol–water partition coefficient (Wildman–Crippen LogP) is 1.64. The maximum absolute atomic E-state index is 13.0. The highest BCUT2D eigenvalue weighted by molar-refractivity contribution is 5.03. The van der Waals surface area contributed by atoms with Gasteiger partial charge in [-0.3, -0.25) is 4.68 Å². The smallest absolute Gasteiger partial charge is 0.248 e. The van der Waals surface area contributed by atoms with Gasteiger partial charge in [0, 0.05) is 19.9 Å². The van der Waals surface area contributed by atoms with Gasteiger partial charge in [-0.2, -0.15) is 0 Å². The van der Waals surface area contributed by atoms with E-state index in [2.05, 4.69) is 10.3 Å². The predicted molar refractivity (Wildman–Crippen MR) is 54.8 cm³/mol. The Balaban J connectivity index is 2.02. The van der Waals surface area contributed by atoms with E-state index in [0.717, 1.165) is 5.69 Å². The van der Waals surface area contributed by atoms with Crippen molar-refractivity contribution in [2.45, 2.75) is 37.6 Å². The van der Waals surface area contributed by atoms with Crippen molar-refractivity contribution < 1.29 is 8.78 Å². The number of rotatable bonds is 2. The van der Waals surface area contributed by atoms with Crippen LogP contribution in [0.25, 0.3) is 0 Å². The van der Waals surface area contributed by atoms with Crippen LogP contribution in [-0.2, 0) is 7.05 Å². The Bertz CT molecular complexity index is 353. The molecule has 1 aromatic heterocycles. The molecule has 0 radical (unpaired) electrons. The van der Waals surface area contributed by atoms with E-state index in [1.54, 1.807) is 17.9 Å². The Morgan fingerprint density at radius 1 is 1.50 bits per heavy atom. The monoisotopic (exact) mass is 230 g/mol. The summed E-state index contributed by atoms with van der Waals surface area (Å²) in [6.07, 6.45) is 2.43. The molecule has 0 saturated heterocycles. The highest BCUT2D eigenvalue weighted by atomic mass is 19.3. The minimum Gasteiger partial charge on any atom is -0.322 e. The third kappa shape index (κ3) is 2.21. The van der Waals surface area contributed by atoms with Gasteiger partial charge in [0.1, 0.15) is 0 Å². The second-order valence-corrected chi connectivity index (χ2v) is 4.50. The molecule has 0 amide bonds. The van der Waals surface area contributed by atoms with Crippen LogP contribution in [-0.4, -0.2) is 20.9 Å². The van der Waals surface area contributed by atoms with Crippen LogP contribution >= 0.6 is 0 Å². The molecular weight excluding hydrogens is 214 g/mol. The summed E-state index contributed by atoms with van der Waals surface area (Å²) in [7, 11) is 1.76. The molecule has 1 aromatic rings. The van der Waals surface area contributed by atoms with Crippen molar-refractivity contribution >= 4 is 0 Å². The first-order valence-corrected chi connectivity index (χ1v) is 5.47. The number of halogens is 2.